The molecule has 2 heterocycles. The third-order valence-corrected chi connectivity index (χ3v) is 5.04. The molecule has 4 rings (SSSR count). The largest absolute Gasteiger partial charge is 0.457 e. The van der Waals surface area contributed by atoms with Gasteiger partial charge in [0.2, 0.25) is 0 Å². The molecule has 0 bridgehead atoms. The van der Waals surface area contributed by atoms with E-state index in [1.807, 2.05) is 32.9 Å². The highest BCUT2D eigenvalue weighted by molar-refractivity contribution is 6.31. The molecule has 0 radical (unpaired) electrons. The molecule has 3 aromatic rings. The van der Waals surface area contributed by atoms with Crippen LogP contribution in [0.3, 0.4) is 0 Å². The monoisotopic (exact) mass is 449 g/mol. The number of aromatic nitrogens is 3. The van der Waals surface area contributed by atoms with E-state index < -0.39 is 5.60 Å². The van der Waals surface area contributed by atoms with Crippen LogP contribution < -0.4 is 4.74 Å². The molecule has 0 aliphatic carbocycles. The maximum atomic E-state index is 6.65. The van der Waals surface area contributed by atoms with Gasteiger partial charge in [-0.25, -0.2) is 9.67 Å². The summed E-state index contributed by atoms with van der Waals surface area (Å²) in [6.07, 6.45) is 3.07. The zero-order valence-electron chi connectivity index (χ0n) is 17.2. The Balaban J connectivity index is 0.00000124. The van der Waals surface area contributed by atoms with E-state index in [0.717, 1.165) is 5.56 Å². The van der Waals surface area contributed by atoms with Crippen LogP contribution in [-0.2, 0) is 21.6 Å². The molecule has 6 nitrogen and oxygen atoms in total. The Kier molecular flexibility index (Phi) is 7.72. The number of hydrogen-bond donors (Lipinski definition) is 0. The van der Waals surface area contributed by atoms with Crippen molar-refractivity contribution < 1.29 is 14.2 Å². The van der Waals surface area contributed by atoms with Crippen molar-refractivity contribution in [3.63, 3.8) is 0 Å². The van der Waals surface area contributed by atoms with Crippen LogP contribution in [0.2, 0.25) is 10.0 Å². The Morgan fingerprint density at radius 1 is 1.13 bits per heavy atom. The molecule has 1 fully saturated rings. The number of halogens is 2. The van der Waals surface area contributed by atoms with Crippen LogP contribution in [-0.4, -0.2) is 34.1 Å². The standard InChI is InChI=1S/C20H19Cl2N3O3.C2H6/c1-14-9-26-11-20(28-14,10-25-13-23-12-24-25)18-7-6-17(8-19(18)22)27-16-4-2-15(21)3-5-16;1-2/h2-8,12-14H,9-11H2,1H3;1-2H3. The van der Waals surface area contributed by atoms with Crippen molar-refractivity contribution in [3.8, 4) is 11.5 Å². The Morgan fingerprint density at radius 3 is 2.50 bits per heavy atom. The van der Waals surface area contributed by atoms with Crippen LogP contribution in [0, 0.1) is 0 Å². The summed E-state index contributed by atoms with van der Waals surface area (Å²) in [6.45, 7) is 7.32. The summed E-state index contributed by atoms with van der Waals surface area (Å²) < 4.78 is 19.7. The minimum atomic E-state index is -0.763. The number of nitrogens with zero attached hydrogens (tertiary/aromatic N) is 3. The van der Waals surface area contributed by atoms with Crippen LogP contribution in [0.5, 0.6) is 11.5 Å². The van der Waals surface area contributed by atoms with Crippen LogP contribution in [0.25, 0.3) is 0 Å². The van der Waals surface area contributed by atoms with Gasteiger partial charge < -0.3 is 14.2 Å². The molecule has 0 spiro atoms. The Morgan fingerprint density at radius 2 is 1.87 bits per heavy atom. The van der Waals surface area contributed by atoms with E-state index in [9.17, 15) is 0 Å². The summed E-state index contributed by atoms with van der Waals surface area (Å²) in [4.78, 5) is 4.01. The van der Waals surface area contributed by atoms with Gasteiger partial charge in [-0.15, -0.1) is 0 Å². The minimum Gasteiger partial charge on any atom is -0.457 e. The van der Waals surface area contributed by atoms with Gasteiger partial charge in [-0.05, 0) is 43.3 Å². The van der Waals surface area contributed by atoms with E-state index in [1.165, 1.54) is 6.33 Å². The average molecular weight is 450 g/mol. The van der Waals surface area contributed by atoms with Gasteiger partial charge in [-0.2, -0.15) is 5.10 Å². The van der Waals surface area contributed by atoms with Crippen molar-refractivity contribution in [2.75, 3.05) is 13.2 Å². The van der Waals surface area contributed by atoms with Gasteiger partial charge in [0.05, 0.1) is 30.9 Å². The molecule has 1 aromatic heterocycles. The molecule has 2 aromatic carbocycles. The Bertz CT molecular complexity index is 935. The SMILES string of the molecule is CC.CC1COCC(Cn2cncn2)(c2ccc(Oc3ccc(Cl)cc3)cc2Cl)O1. The van der Waals surface area contributed by atoms with Gasteiger partial charge in [-0.3, -0.25) is 0 Å². The molecule has 2 atom stereocenters. The van der Waals surface area contributed by atoms with Crippen LogP contribution in [0.15, 0.2) is 55.1 Å². The number of benzene rings is 2. The van der Waals surface area contributed by atoms with Gasteiger partial charge in [0.1, 0.15) is 29.8 Å². The third-order valence-electron chi connectivity index (χ3n) is 4.48. The maximum absolute atomic E-state index is 6.65. The van der Waals surface area contributed by atoms with Crippen molar-refractivity contribution in [2.45, 2.75) is 39.0 Å². The van der Waals surface area contributed by atoms with Gasteiger partial charge in [-0.1, -0.05) is 43.1 Å². The summed E-state index contributed by atoms with van der Waals surface area (Å²) in [6, 6.07) is 12.7. The lowest BCUT2D eigenvalue weighted by molar-refractivity contribution is -0.206. The lowest BCUT2D eigenvalue weighted by Crippen LogP contribution is -2.47. The molecular formula is C22H25Cl2N3O3. The van der Waals surface area contributed by atoms with Gasteiger partial charge in [0, 0.05) is 10.6 Å². The van der Waals surface area contributed by atoms with E-state index >= 15 is 0 Å². The second-order valence-electron chi connectivity index (χ2n) is 6.73. The fraction of sp³-hybridized carbons (Fsp3) is 0.364. The van der Waals surface area contributed by atoms with E-state index in [0.29, 0.717) is 41.3 Å². The van der Waals surface area contributed by atoms with Gasteiger partial charge in [0.15, 0.2) is 0 Å². The summed E-state index contributed by atoms with van der Waals surface area (Å²) in [5.41, 5.74) is 0.0565. The summed E-state index contributed by atoms with van der Waals surface area (Å²) in [5, 5.41) is 5.39. The number of hydrogen-bond acceptors (Lipinski definition) is 5. The highest BCUT2D eigenvalue weighted by Gasteiger charge is 2.41. The van der Waals surface area contributed by atoms with Crippen LogP contribution in [0.4, 0.5) is 0 Å². The number of ether oxygens (including phenoxy) is 3. The first-order valence-electron chi connectivity index (χ1n) is 9.85. The Hall–Kier alpha value is -2.12. The molecule has 1 saturated heterocycles. The van der Waals surface area contributed by atoms with E-state index in [2.05, 4.69) is 10.1 Å². The summed E-state index contributed by atoms with van der Waals surface area (Å²) in [7, 11) is 0. The molecule has 1 aliphatic rings. The van der Waals surface area contributed by atoms with Gasteiger partial charge in [0.25, 0.3) is 0 Å². The van der Waals surface area contributed by atoms with E-state index in [1.54, 1.807) is 41.3 Å². The minimum absolute atomic E-state index is 0.0710. The highest BCUT2D eigenvalue weighted by Crippen LogP contribution is 2.39. The van der Waals surface area contributed by atoms with Crippen molar-refractivity contribution in [1.29, 1.82) is 0 Å². The maximum Gasteiger partial charge on any atom is 0.138 e. The molecule has 160 valence electrons. The van der Waals surface area contributed by atoms with Gasteiger partial charge >= 0.3 is 0 Å². The zero-order chi connectivity index (χ0) is 21.6. The van der Waals surface area contributed by atoms with E-state index in [-0.39, 0.29) is 6.10 Å². The molecule has 0 N–H and O–H groups in total. The lowest BCUT2D eigenvalue weighted by Gasteiger charge is -2.40. The fourth-order valence-electron chi connectivity index (χ4n) is 3.30. The first kappa shape index (κ1) is 22.6. The molecule has 0 saturated carbocycles. The molecule has 0 amide bonds. The average Bonchev–Trinajstić information content (AvgIpc) is 3.24. The fourth-order valence-corrected chi connectivity index (χ4v) is 3.76. The predicted octanol–water partition coefficient (Wildman–Crippen LogP) is 5.73. The second kappa shape index (κ2) is 10.3. The van der Waals surface area contributed by atoms with Crippen LogP contribution >= 0.6 is 23.2 Å². The first-order valence-corrected chi connectivity index (χ1v) is 10.6. The van der Waals surface area contributed by atoms with Crippen molar-refractivity contribution in [2.24, 2.45) is 0 Å². The van der Waals surface area contributed by atoms with Crippen molar-refractivity contribution in [1.82, 2.24) is 14.8 Å². The third kappa shape index (κ3) is 5.32. The quantitative estimate of drug-likeness (QED) is 0.497. The molecule has 1 aliphatic heterocycles. The molecule has 30 heavy (non-hydrogen) atoms. The topological polar surface area (TPSA) is 58.4 Å². The first-order chi connectivity index (χ1) is 14.5. The molecule has 8 heteroatoms. The second-order valence-corrected chi connectivity index (χ2v) is 7.57. The number of rotatable bonds is 5. The Labute approximate surface area is 186 Å². The van der Waals surface area contributed by atoms with Crippen molar-refractivity contribution in [3.05, 3.63) is 70.7 Å². The van der Waals surface area contributed by atoms with E-state index in [4.69, 9.17) is 37.4 Å². The highest BCUT2D eigenvalue weighted by atomic mass is 35.5. The summed E-state index contributed by atoms with van der Waals surface area (Å²) >= 11 is 12.6. The molecule has 2 unspecified atom stereocenters. The normalized spacial score (nSPS) is 20.9. The van der Waals surface area contributed by atoms with Crippen LogP contribution in [0.1, 0.15) is 26.3 Å². The molecular weight excluding hydrogens is 425 g/mol. The van der Waals surface area contributed by atoms with Crippen molar-refractivity contribution >= 4 is 23.2 Å². The summed E-state index contributed by atoms with van der Waals surface area (Å²) in [5.74, 6) is 1.30. The predicted molar refractivity (Wildman–Crippen MR) is 117 cm³/mol. The lowest BCUT2D eigenvalue weighted by atomic mass is 9.92. The zero-order valence-corrected chi connectivity index (χ0v) is 18.7. The smallest absolute Gasteiger partial charge is 0.138 e.